The van der Waals surface area contributed by atoms with Crippen molar-refractivity contribution >= 4 is 34.4 Å². The molecule has 3 aromatic rings. The number of esters is 2. The van der Waals surface area contributed by atoms with E-state index in [1.54, 1.807) is 58.1 Å². The number of aromatic nitrogens is 1. The van der Waals surface area contributed by atoms with Gasteiger partial charge in [-0.3, -0.25) is 9.59 Å². The molecule has 0 unspecified atom stereocenters. The lowest BCUT2D eigenvalue weighted by Gasteiger charge is -2.36. The number of rotatable bonds is 6. The number of hydrogen-bond acceptors (Lipinski definition) is 6. The number of halogens is 1. The van der Waals surface area contributed by atoms with E-state index in [0.717, 1.165) is 0 Å². The van der Waals surface area contributed by atoms with Gasteiger partial charge in [-0.15, -0.1) is 0 Å². The molecule has 2 aromatic carbocycles. The van der Waals surface area contributed by atoms with Gasteiger partial charge in [-0.25, -0.2) is 9.18 Å². The van der Waals surface area contributed by atoms with Gasteiger partial charge in [-0.2, -0.15) is 0 Å². The molecule has 0 atom stereocenters. The van der Waals surface area contributed by atoms with Gasteiger partial charge in [-0.05, 0) is 18.2 Å². The Morgan fingerprint density at radius 3 is 2.39 bits per heavy atom. The Hall–Kier alpha value is -3.88. The lowest BCUT2D eigenvalue weighted by Crippen LogP contribution is -2.50. The number of anilines is 1. The van der Waals surface area contributed by atoms with Crippen molar-refractivity contribution in [2.45, 2.75) is 6.54 Å². The van der Waals surface area contributed by atoms with Crippen LogP contribution in [-0.2, 0) is 25.6 Å². The molecule has 1 aromatic heterocycles. The summed E-state index contributed by atoms with van der Waals surface area (Å²) in [5, 5.41) is 0.668. The molecule has 2 heterocycles. The van der Waals surface area contributed by atoms with Crippen LogP contribution < -0.4 is 4.90 Å². The molecule has 4 rings (SSSR count). The Balaban J connectivity index is 1.31. The van der Waals surface area contributed by atoms with E-state index in [2.05, 4.69) is 0 Å². The zero-order valence-corrected chi connectivity index (χ0v) is 18.2. The second-order valence-corrected chi connectivity index (χ2v) is 7.66. The molecule has 172 valence electrons. The average molecular weight is 453 g/mol. The topological polar surface area (TPSA) is 81.1 Å². The first kappa shape index (κ1) is 22.3. The molecule has 33 heavy (non-hydrogen) atoms. The van der Waals surface area contributed by atoms with Gasteiger partial charge in [0.05, 0.1) is 18.4 Å². The molecular formula is C24H24FN3O5. The Labute approximate surface area is 190 Å². The van der Waals surface area contributed by atoms with Gasteiger partial charge in [0.25, 0.3) is 5.91 Å². The van der Waals surface area contributed by atoms with Crippen molar-refractivity contribution in [1.82, 2.24) is 9.47 Å². The maximum atomic E-state index is 14.0. The van der Waals surface area contributed by atoms with Crippen LogP contribution in [0.4, 0.5) is 10.1 Å². The van der Waals surface area contributed by atoms with Crippen LogP contribution >= 0.6 is 0 Å². The maximum Gasteiger partial charge on any atom is 0.340 e. The molecule has 0 spiro atoms. The van der Waals surface area contributed by atoms with Gasteiger partial charge in [0, 0.05) is 43.3 Å². The van der Waals surface area contributed by atoms with Crippen LogP contribution in [0.3, 0.4) is 0 Å². The highest BCUT2D eigenvalue weighted by Crippen LogP contribution is 2.22. The number of amides is 1. The Bertz CT molecular complexity index is 1180. The predicted molar refractivity (Wildman–Crippen MR) is 119 cm³/mol. The number of piperazine rings is 1. The Kier molecular flexibility index (Phi) is 6.58. The minimum Gasteiger partial charge on any atom is -0.465 e. The van der Waals surface area contributed by atoms with E-state index in [1.165, 1.54) is 13.2 Å². The van der Waals surface area contributed by atoms with Crippen LogP contribution in [0.1, 0.15) is 10.4 Å². The van der Waals surface area contributed by atoms with Crippen molar-refractivity contribution in [3.05, 3.63) is 66.1 Å². The van der Waals surface area contributed by atoms with E-state index in [0.29, 0.717) is 48.3 Å². The number of methoxy groups -OCH3 is 1. The van der Waals surface area contributed by atoms with E-state index in [9.17, 15) is 18.8 Å². The zero-order chi connectivity index (χ0) is 23.4. The molecule has 0 saturated carbocycles. The molecule has 0 bridgehead atoms. The molecule has 1 aliphatic heterocycles. The van der Waals surface area contributed by atoms with E-state index in [1.807, 2.05) is 4.90 Å². The summed E-state index contributed by atoms with van der Waals surface area (Å²) in [5.74, 6) is -1.68. The number of ether oxygens (including phenoxy) is 2. The van der Waals surface area contributed by atoms with Crippen LogP contribution in [0.25, 0.3) is 10.9 Å². The van der Waals surface area contributed by atoms with Crippen molar-refractivity contribution in [3.63, 3.8) is 0 Å². The van der Waals surface area contributed by atoms with Crippen LogP contribution in [0.15, 0.2) is 54.7 Å². The minimum atomic E-state index is -0.592. The standard InChI is InChI=1S/C24H24FN3O5/c1-32-24(31)18-14-28(20-8-4-2-6-17(18)20)15-23(30)33-16-22(29)27-12-10-26(11-13-27)21-9-5-3-7-19(21)25/h2-9,14H,10-13,15-16H2,1H3. The summed E-state index contributed by atoms with van der Waals surface area (Å²) < 4.78 is 25.6. The van der Waals surface area contributed by atoms with Crippen molar-refractivity contribution in [2.24, 2.45) is 0 Å². The third-order valence-electron chi connectivity index (χ3n) is 5.68. The van der Waals surface area contributed by atoms with Gasteiger partial charge in [0.1, 0.15) is 12.4 Å². The summed E-state index contributed by atoms with van der Waals surface area (Å²) in [6.07, 6.45) is 1.54. The number of fused-ring (bicyclic) bond motifs is 1. The molecule has 0 N–H and O–H groups in total. The third kappa shape index (κ3) is 4.82. The number of para-hydroxylation sites is 2. The van der Waals surface area contributed by atoms with Crippen molar-refractivity contribution in [3.8, 4) is 0 Å². The van der Waals surface area contributed by atoms with Crippen LogP contribution in [-0.4, -0.2) is 67.2 Å². The molecule has 9 heteroatoms. The van der Waals surface area contributed by atoms with E-state index >= 15 is 0 Å². The molecule has 1 aliphatic rings. The van der Waals surface area contributed by atoms with Crippen molar-refractivity contribution in [2.75, 3.05) is 44.8 Å². The lowest BCUT2D eigenvalue weighted by atomic mass is 10.2. The fourth-order valence-corrected chi connectivity index (χ4v) is 3.97. The van der Waals surface area contributed by atoms with Gasteiger partial charge < -0.3 is 23.8 Å². The van der Waals surface area contributed by atoms with Crippen LogP contribution in [0.5, 0.6) is 0 Å². The minimum absolute atomic E-state index is 0.147. The van der Waals surface area contributed by atoms with E-state index < -0.39 is 11.9 Å². The summed E-state index contributed by atoms with van der Waals surface area (Å²) in [4.78, 5) is 40.4. The highest BCUT2D eigenvalue weighted by Gasteiger charge is 2.24. The Morgan fingerprint density at radius 1 is 0.970 bits per heavy atom. The van der Waals surface area contributed by atoms with Crippen LogP contribution in [0.2, 0.25) is 0 Å². The maximum absolute atomic E-state index is 14.0. The number of carbonyl (C=O) groups is 3. The predicted octanol–water partition coefficient (Wildman–Crippen LogP) is 2.46. The summed E-state index contributed by atoms with van der Waals surface area (Å²) >= 11 is 0. The molecule has 0 radical (unpaired) electrons. The number of hydrogen-bond donors (Lipinski definition) is 0. The van der Waals surface area contributed by atoms with Gasteiger partial charge in [-0.1, -0.05) is 30.3 Å². The average Bonchev–Trinajstić information content (AvgIpc) is 3.21. The molecule has 1 amide bonds. The molecule has 1 saturated heterocycles. The first-order valence-electron chi connectivity index (χ1n) is 10.6. The summed E-state index contributed by atoms with van der Waals surface area (Å²) in [6.45, 7) is 1.29. The summed E-state index contributed by atoms with van der Waals surface area (Å²) in [5.41, 5.74) is 1.55. The Morgan fingerprint density at radius 2 is 1.67 bits per heavy atom. The highest BCUT2D eigenvalue weighted by atomic mass is 19.1. The molecule has 8 nitrogen and oxygen atoms in total. The number of nitrogens with zero attached hydrogens (tertiary/aromatic N) is 3. The van der Waals surface area contributed by atoms with E-state index in [4.69, 9.17) is 9.47 Å². The van der Waals surface area contributed by atoms with Gasteiger partial charge in [0.15, 0.2) is 6.61 Å². The summed E-state index contributed by atoms with van der Waals surface area (Å²) in [7, 11) is 1.30. The second-order valence-electron chi connectivity index (χ2n) is 7.66. The normalized spacial score (nSPS) is 13.8. The number of carbonyl (C=O) groups excluding carboxylic acids is 3. The smallest absolute Gasteiger partial charge is 0.340 e. The third-order valence-corrected chi connectivity index (χ3v) is 5.68. The van der Waals surface area contributed by atoms with E-state index in [-0.39, 0.29) is 24.9 Å². The fraction of sp³-hybridized carbons (Fsp3) is 0.292. The SMILES string of the molecule is COC(=O)c1cn(CC(=O)OCC(=O)N2CCN(c3ccccc3F)CC2)c2ccccc12. The number of benzene rings is 2. The zero-order valence-electron chi connectivity index (χ0n) is 18.2. The quantitative estimate of drug-likeness (QED) is 0.534. The second kappa shape index (κ2) is 9.72. The van der Waals surface area contributed by atoms with Crippen LogP contribution in [0, 0.1) is 5.82 Å². The van der Waals surface area contributed by atoms with Crippen molar-refractivity contribution < 1.29 is 28.2 Å². The molecule has 1 fully saturated rings. The van der Waals surface area contributed by atoms with Crippen molar-refractivity contribution in [1.29, 1.82) is 0 Å². The molecule has 0 aliphatic carbocycles. The highest BCUT2D eigenvalue weighted by molar-refractivity contribution is 6.04. The first-order chi connectivity index (χ1) is 16.0. The van der Waals surface area contributed by atoms with Gasteiger partial charge >= 0.3 is 11.9 Å². The summed E-state index contributed by atoms with van der Waals surface area (Å²) in [6, 6.07) is 13.7. The van der Waals surface area contributed by atoms with Gasteiger partial charge in [0.2, 0.25) is 0 Å². The fourth-order valence-electron chi connectivity index (χ4n) is 3.97. The largest absolute Gasteiger partial charge is 0.465 e. The lowest BCUT2D eigenvalue weighted by molar-refractivity contribution is -0.152. The molecular weight excluding hydrogens is 429 g/mol. The monoisotopic (exact) mass is 453 g/mol. The first-order valence-corrected chi connectivity index (χ1v) is 10.6.